The number of benzene rings is 2. The number of ether oxygens (including phenoxy) is 2. The van der Waals surface area contributed by atoms with E-state index in [1.807, 2.05) is 12.1 Å². The van der Waals surface area contributed by atoms with Gasteiger partial charge >= 0.3 is 11.4 Å². The summed E-state index contributed by atoms with van der Waals surface area (Å²) in [5.41, 5.74) is 6.15. The topological polar surface area (TPSA) is 141 Å². The molecule has 0 saturated carbocycles. The Kier molecular flexibility index (Phi) is 10.2. The second-order valence-electron chi connectivity index (χ2n) is 9.22. The van der Waals surface area contributed by atoms with Crippen molar-refractivity contribution in [1.82, 2.24) is 24.3 Å². The van der Waals surface area contributed by atoms with Crippen molar-refractivity contribution < 1.29 is 13.9 Å². The third-order valence-corrected chi connectivity index (χ3v) is 6.42. The molecule has 0 atom stereocenters. The van der Waals surface area contributed by atoms with E-state index in [0.29, 0.717) is 36.9 Å². The number of nitrogens with two attached hydrogens (primary N) is 1. The van der Waals surface area contributed by atoms with Gasteiger partial charge in [0.05, 0.1) is 40.0 Å². The standard InChI is InChI=1S/C27H35FN8O4/c1-39-23-8-4-21(5-9-23)18-35-25(32-11-10-30-24(29)31-12-13-34-14-16-40-17-15-34)33-26(37)36(27(35)38)19-20-2-6-22(28)7-3-20/h2-9H,10-19H2,1H3,(H3,29,30,31)(H,32,33,37). The summed E-state index contributed by atoms with van der Waals surface area (Å²) in [6.07, 6.45) is 0. The molecule has 0 unspecified atom stereocenters. The first-order valence-electron chi connectivity index (χ1n) is 13.1. The molecule has 1 aromatic heterocycles. The number of morpholine rings is 1. The number of hydrogen-bond donors (Lipinski definition) is 3. The van der Waals surface area contributed by atoms with Gasteiger partial charge in [-0.05, 0) is 35.4 Å². The molecular weight excluding hydrogens is 519 g/mol. The SMILES string of the molecule is COc1ccc(Cn2c(NCCNC(N)=NCCN3CCOCC3)nc(=O)n(Cc3ccc(F)cc3)c2=O)cc1. The third-order valence-electron chi connectivity index (χ3n) is 6.42. The molecule has 2 aromatic carbocycles. The summed E-state index contributed by atoms with van der Waals surface area (Å²) < 4.78 is 26.3. The average molecular weight is 555 g/mol. The summed E-state index contributed by atoms with van der Waals surface area (Å²) in [4.78, 5) is 37.1. The fourth-order valence-electron chi connectivity index (χ4n) is 4.19. The van der Waals surface area contributed by atoms with Gasteiger partial charge in [-0.3, -0.25) is 14.5 Å². The first-order valence-corrected chi connectivity index (χ1v) is 13.1. The number of hydrogen-bond acceptors (Lipinski definition) is 8. The van der Waals surface area contributed by atoms with Crippen LogP contribution in [0.25, 0.3) is 0 Å². The Balaban J connectivity index is 1.44. The average Bonchev–Trinajstić information content (AvgIpc) is 2.97. The van der Waals surface area contributed by atoms with Crippen LogP contribution < -0.4 is 32.5 Å². The predicted molar refractivity (Wildman–Crippen MR) is 151 cm³/mol. The second-order valence-corrected chi connectivity index (χ2v) is 9.22. The normalized spacial score (nSPS) is 14.2. The van der Waals surface area contributed by atoms with E-state index >= 15 is 0 Å². The van der Waals surface area contributed by atoms with Gasteiger partial charge in [0.25, 0.3) is 0 Å². The zero-order valence-electron chi connectivity index (χ0n) is 22.5. The zero-order chi connectivity index (χ0) is 28.3. The summed E-state index contributed by atoms with van der Waals surface area (Å²) in [6, 6.07) is 12.9. The molecule has 0 spiro atoms. The van der Waals surface area contributed by atoms with E-state index in [2.05, 4.69) is 25.5 Å². The number of guanidine groups is 1. The molecule has 4 rings (SSSR count). The highest BCUT2D eigenvalue weighted by atomic mass is 19.1. The lowest BCUT2D eigenvalue weighted by Gasteiger charge is -2.25. The molecule has 214 valence electrons. The lowest BCUT2D eigenvalue weighted by Crippen LogP contribution is -2.44. The summed E-state index contributed by atoms with van der Waals surface area (Å²) in [5.74, 6) is 0.727. The smallest absolute Gasteiger partial charge is 0.355 e. The van der Waals surface area contributed by atoms with Crippen molar-refractivity contribution >= 4 is 11.9 Å². The van der Waals surface area contributed by atoms with E-state index in [1.54, 1.807) is 19.2 Å². The molecule has 4 N–H and O–H groups in total. The molecule has 12 nitrogen and oxygen atoms in total. The van der Waals surface area contributed by atoms with E-state index in [-0.39, 0.29) is 19.0 Å². The lowest BCUT2D eigenvalue weighted by atomic mass is 10.2. The van der Waals surface area contributed by atoms with Crippen molar-refractivity contribution in [3.8, 4) is 5.75 Å². The first-order chi connectivity index (χ1) is 19.4. The van der Waals surface area contributed by atoms with E-state index in [1.165, 1.54) is 28.8 Å². The number of nitrogens with one attached hydrogen (secondary N) is 2. The van der Waals surface area contributed by atoms with Crippen LogP contribution in [0.15, 0.2) is 63.1 Å². The third kappa shape index (κ3) is 8.13. The Morgan fingerprint density at radius 3 is 2.35 bits per heavy atom. The fourth-order valence-corrected chi connectivity index (χ4v) is 4.19. The molecule has 2 heterocycles. The maximum atomic E-state index is 13.5. The Morgan fingerprint density at radius 2 is 1.68 bits per heavy atom. The van der Waals surface area contributed by atoms with Crippen LogP contribution in [0.5, 0.6) is 5.75 Å². The molecule has 1 aliphatic heterocycles. The van der Waals surface area contributed by atoms with E-state index in [9.17, 15) is 14.0 Å². The maximum absolute atomic E-state index is 13.5. The highest BCUT2D eigenvalue weighted by Crippen LogP contribution is 2.13. The van der Waals surface area contributed by atoms with Crippen LogP contribution in [-0.4, -0.2) is 84.6 Å². The molecule has 40 heavy (non-hydrogen) atoms. The van der Waals surface area contributed by atoms with Gasteiger partial charge in [0, 0.05) is 32.7 Å². The van der Waals surface area contributed by atoms with Crippen LogP contribution in [0.4, 0.5) is 10.3 Å². The predicted octanol–water partition coefficient (Wildman–Crippen LogP) is 0.298. The highest BCUT2D eigenvalue weighted by Gasteiger charge is 2.15. The minimum Gasteiger partial charge on any atom is -0.497 e. The van der Waals surface area contributed by atoms with Gasteiger partial charge in [-0.25, -0.2) is 18.5 Å². The van der Waals surface area contributed by atoms with Gasteiger partial charge in [0.1, 0.15) is 11.6 Å². The van der Waals surface area contributed by atoms with Crippen LogP contribution in [0, 0.1) is 5.82 Å². The molecule has 0 radical (unpaired) electrons. The van der Waals surface area contributed by atoms with Crippen molar-refractivity contribution in [3.05, 3.63) is 86.4 Å². The Morgan fingerprint density at radius 1 is 1.02 bits per heavy atom. The number of anilines is 1. The lowest BCUT2D eigenvalue weighted by molar-refractivity contribution is 0.0394. The highest BCUT2D eigenvalue weighted by molar-refractivity contribution is 5.77. The van der Waals surface area contributed by atoms with E-state index < -0.39 is 17.2 Å². The van der Waals surface area contributed by atoms with Gasteiger partial charge in [-0.15, -0.1) is 0 Å². The monoisotopic (exact) mass is 554 g/mol. The number of halogens is 1. The second kappa shape index (κ2) is 14.2. The largest absolute Gasteiger partial charge is 0.497 e. The number of aromatic nitrogens is 3. The summed E-state index contributed by atoms with van der Waals surface area (Å²) in [6.45, 7) is 5.48. The first kappa shape index (κ1) is 28.8. The fraction of sp³-hybridized carbons (Fsp3) is 0.407. The van der Waals surface area contributed by atoms with E-state index in [0.717, 1.165) is 43.0 Å². The van der Waals surface area contributed by atoms with Crippen molar-refractivity contribution in [2.45, 2.75) is 13.1 Å². The molecule has 0 aliphatic carbocycles. The van der Waals surface area contributed by atoms with Crippen LogP contribution in [0.1, 0.15) is 11.1 Å². The summed E-state index contributed by atoms with van der Waals surface area (Å²) in [5, 5.41) is 6.10. The quantitative estimate of drug-likeness (QED) is 0.164. The minimum atomic E-state index is -0.708. The van der Waals surface area contributed by atoms with Crippen LogP contribution >= 0.6 is 0 Å². The number of rotatable bonds is 12. The Hall–Kier alpha value is -4.23. The maximum Gasteiger partial charge on any atom is 0.355 e. The minimum absolute atomic E-state index is 0.0349. The molecule has 1 fully saturated rings. The molecule has 1 saturated heterocycles. The molecule has 0 amide bonds. The molecule has 3 aromatic rings. The van der Waals surface area contributed by atoms with Crippen LogP contribution in [0.3, 0.4) is 0 Å². The Bertz CT molecular complexity index is 1380. The number of nitrogens with zero attached hydrogens (tertiary/aromatic N) is 5. The van der Waals surface area contributed by atoms with Crippen LogP contribution in [-0.2, 0) is 17.8 Å². The van der Waals surface area contributed by atoms with Crippen molar-refractivity contribution in [2.24, 2.45) is 10.7 Å². The van der Waals surface area contributed by atoms with Crippen LogP contribution in [0.2, 0.25) is 0 Å². The van der Waals surface area contributed by atoms with E-state index in [4.69, 9.17) is 15.2 Å². The summed E-state index contributed by atoms with van der Waals surface area (Å²) in [7, 11) is 1.58. The molecule has 13 heteroatoms. The molecular formula is C27H35FN8O4. The summed E-state index contributed by atoms with van der Waals surface area (Å²) >= 11 is 0. The van der Waals surface area contributed by atoms with Gasteiger partial charge in [-0.1, -0.05) is 24.3 Å². The van der Waals surface area contributed by atoms with Crippen molar-refractivity contribution in [2.75, 3.05) is 64.9 Å². The number of aliphatic imine (C=N–C) groups is 1. The molecule has 1 aliphatic rings. The van der Waals surface area contributed by atoms with Gasteiger partial charge < -0.3 is 25.8 Å². The zero-order valence-corrected chi connectivity index (χ0v) is 22.5. The molecule has 0 bridgehead atoms. The Labute approximate surface area is 231 Å². The number of methoxy groups -OCH3 is 1. The van der Waals surface area contributed by atoms with Gasteiger partial charge in [0.15, 0.2) is 5.96 Å². The van der Waals surface area contributed by atoms with Crippen molar-refractivity contribution in [3.63, 3.8) is 0 Å². The van der Waals surface area contributed by atoms with Crippen molar-refractivity contribution in [1.29, 1.82) is 0 Å². The van der Waals surface area contributed by atoms with Gasteiger partial charge in [0.2, 0.25) is 5.95 Å². The van der Waals surface area contributed by atoms with Gasteiger partial charge in [-0.2, -0.15) is 4.98 Å².